The van der Waals surface area contributed by atoms with Gasteiger partial charge in [0.25, 0.3) is 0 Å². The van der Waals surface area contributed by atoms with Crippen LogP contribution in [0.5, 0.6) is 11.5 Å². The molecule has 0 bridgehead atoms. The predicted molar refractivity (Wildman–Crippen MR) is 88.5 cm³/mol. The van der Waals surface area contributed by atoms with Crippen LogP contribution in [0, 0.1) is 0 Å². The number of hydrogen-bond donors (Lipinski definition) is 0. The van der Waals surface area contributed by atoms with Gasteiger partial charge in [0.2, 0.25) is 0 Å². The fourth-order valence-electron chi connectivity index (χ4n) is 1.94. The number of para-hydroxylation sites is 1. The Morgan fingerprint density at radius 1 is 1.18 bits per heavy atom. The van der Waals surface area contributed by atoms with Crippen molar-refractivity contribution < 1.29 is 14.3 Å². The summed E-state index contributed by atoms with van der Waals surface area (Å²) in [6, 6.07) is 14.6. The molecule has 0 heterocycles. The van der Waals surface area contributed by atoms with Gasteiger partial charge in [-0.3, -0.25) is 4.79 Å². The van der Waals surface area contributed by atoms with E-state index in [9.17, 15) is 4.79 Å². The zero-order chi connectivity index (χ0) is 15.8. The Hall–Kier alpha value is -2.81. The van der Waals surface area contributed by atoms with Crippen molar-refractivity contribution >= 4 is 11.9 Å². The van der Waals surface area contributed by atoms with Crippen molar-refractivity contribution in [1.82, 2.24) is 0 Å². The number of allylic oxidation sites excluding steroid dienone is 1. The Bertz CT molecular complexity index is 687. The molecule has 0 saturated heterocycles. The van der Waals surface area contributed by atoms with E-state index in [0.717, 1.165) is 11.3 Å². The number of carbonyl (C=O) groups is 1. The molecule has 0 aliphatic rings. The molecule has 3 nitrogen and oxygen atoms in total. The van der Waals surface area contributed by atoms with Crippen LogP contribution >= 0.6 is 0 Å². The number of benzene rings is 2. The quantitative estimate of drug-likeness (QED) is 0.437. The molecule has 0 saturated carbocycles. The van der Waals surface area contributed by atoms with Gasteiger partial charge < -0.3 is 9.47 Å². The van der Waals surface area contributed by atoms with Crippen LogP contribution in [0.25, 0.3) is 6.08 Å². The number of rotatable bonds is 7. The van der Waals surface area contributed by atoms with Crippen LogP contribution in [0.1, 0.15) is 15.9 Å². The second-order valence-electron chi connectivity index (χ2n) is 4.57. The highest BCUT2D eigenvalue weighted by Crippen LogP contribution is 2.20. The second kappa shape index (κ2) is 7.84. The molecule has 0 aliphatic carbocycles. The molecule has 3 heteroatoms. The van der Waals surface area contributed by atoms with Crippen molar-refractivity contribution in [3.8, 4) is 11.5 Å². The fraction of sp³-hybridized carbons (Fsp3) is 0.105. The molecular weight excluding hydrogens is 276 g/mol. The third kappa shape index (κ3) is 4.09. The molecule has 0 N–H and O–H groups in total. The summed E-state index contributed by atoms with van der Waals surface area (Å²) < 4.78 is 10.7. The lowest BCUT2D eigenvalue weighted by Crippen LogP contribution is -1.96. The summed E-state index contributed by atoms with van der Waals surface area (Å²) in [5, 5.41) is 0. The first kappa shape index (κ1) is 15.6. The molecule has 0 aliphatic heterocycles. The zero-order valence-corrected chi connectivity index (χ0v) is 12.5. The molecule has 0 unspecified atom stereocenters. The van der Waals surface area contributed by atoms with Crippen LogP contribution in [-0.4, -0.2) is 19.5 Å². The standard InChI is InChI=1S/C19H18O3/c1-3-13-22-19-10-5-4-7-15(19)11-12-18(20)16-8-6-9-17(14-16)21-2/h3-12,14H,1,13H2,2H3/b12-11+. The monoisotopic (exact) mass is 294 g/mol. The Morgan fingerprint density at radius 3 is 2.77 bits per heavy atom. The number of ether oxygens (including phenoxy) is 2. The number of ketones is 1. The highest BCUT2D eigenvalue weighted by molar-refractivity contribution is 6.07. The molecule has 0 spiro atoms. The summed E-state index contributed by atoms with van der Waals surface area (Å²) in [6.45, 7) is 4.05. The Kier molecular flexibility index (Phi) is 5.55. The van der Waals surface area contributed by atoms with Gasteiger partial charge in [-0.15, -0.1) is 0 Å². The maximum absolute atomic E-state index is 12.2. The molecule has 2 aromatic rings. The first-order chi connectivity index (χ1) is 10.7. The van der Waals surface area contributed by atoms with Gasteiger partial charge in [-0.25, -0.2) is 0 Å². The van der Waals surface area contributed by atoms with Crippen LogP contribution in [0.3, 0.4) is 0 Å². The van der Waals surface area contributed by atoms with Gasteiger partial charge in [0, 0.05) is 11.1 Å². The van der Waals surface area contributed by atoms with Crippen molar-refractivity contribution in [2.45, 2.75) is 0 Å². The van der Waals surface area contributed by atoms with E-state index in [2.05, 4.69) is 6.58 Å². The highest BCUT2D eigenvalue weighted by atomic mass is 16.5. The van der Waals surface area contributed by atoms with Crippen molar-refractivity contribution in [3.05, 3.63) is 78.4 Å². The Labute approximate surface area is 130 Å². The first-order valence-electron chi connectivity index (χ1n) is 6.94. The largest absolute Gasteiger partial charge is 0.497 e. The van der Waals surface area contributed by atoms with E-state index in [-0.39, 0.29) is 5.78 Å². The third-order valence-electron chi connectivity index (χ3n) is 3.04. The van der Waals surface area contributed by atoms with E-state index in [1.54, 1.807) is 43.5 Å². The van der Waals surface area contributed by atoms with Crippen molar-refractivity contribution in [2.75, 3.05) is 13.7 Å². The average molecular weight is 294 g/mol. The molecule has 2 aromatic carbocycles. The minimum atomic E-state index is -0.0857. The van der Waals surface area contributed by atoms with E-state index in [0.29, 0.717) is 17.9 Å². The lowest BCUT2D eigenvalue weighted by Gasteiger charge is -2.06. The van der Waals surface area contributed by atoms with Crippen LogP contribution in [0.2, 0.25) is 0 Å². The lowest BCUT2D eigenvalue weighted by atomic mass is 10.1. The smallest absolute Gasteiger partial charge is 0.185 e. The van der Waals surface area contributed by atoms with Crippen LogP contribution in [0.4, 0.5) is 0 Å². The minimum Gasteiger partial charge on any atom is -0.497 e. The van der Waals surface area contributed by atoms with Crippen LogP contribution in [0.15, 0.2) is 67.3 Å². The van der Waals surface area contributed by atoms with E-state index in [1.165, 1.54) is 6.08 Å². The summed E-state index contributed by atoms with van der Waals surface area (Å²) in [7, 11) is 1.58. The van der Waals surface area contributed by atoms with Gasteiger partial charge in [-0.1, -0.05) is 43.0 Å². The molecular formula is C19H18O3. The van der Waals surface area contributed by atoms with Gasteiger partial charge in [-0.05, 0) is 30.4 Å². The minimum absolute atomic E-state index is 0.0857. The molecule has 0 radical (unpaired) electrons. The first-order valence-corrected chi connectivity index (χ1v) is 6.94. The molecule has 22 heavy (non-hydrogen) atoms. The summed E-state index contributed by atoms with van der Waals surface area (Å²) in [4.78, 5) is 12.2. The average Bonchev–Trinajstić information content (AvgIpc) is 2.58. The predicted octanol–water partition coefficient (Wildman–Crippen LogP) is 4.16. The molecule has 0 atom stereocenters. The van der Waals surface area contributed by atoms with E-state index < -0.39 is 0 Å². The van der Waals surface area contributed by atoms with Gasteiger partial charge in [0.15, 0.2) is 5.78 Å². The van der Waals surface area contributed by atoms with Gasteiger partial charge in [0.05, 0.1) is 7.11 Å². The molecule has 112 valence electrons. The summed E-state index contributed by atoms with van der Waals surface area (Å²) >= 11 is 0. The normalized spacial score (nSPS) is 10.4. The highest BCUT2D eigenvalue weighted by Gasteiger charge is 2.04. The number of hydrogen-bond acceptors (Lipinski definition) is 3. The molecule has 2 rings (SSSR count). The zero-order valence-electron chi connectivity index (χ0n) is 12.5. The van der Waals surface area contributed by atoms with Crippen LogP contribution in [-0.2, 0) is 0 Å². The van der Waals surface area contributed by atoms with E-state index >= 15 is 0 Å². The summed E-state index contributed by atoms with van der Waals surface area (Å²) in [6.07, 6.45) is 4.97. The Morgan fingerprint density at radius 2 is 2.00 bits per heavy atom. The number of carbonyl (C=O) groups excluding carboxylic acids is 1. The summed E-state index contributed by atoms with van der Waals surface area (Å²) in [5.74, 6) is 1.29. The third-order valence-corrected chi connectivity index (χ3v) is 3.04. The van der Waals surface area contributed by atoms with E-state index in [4.69, 9.17) is 9.47 Å². The number of methoxy groups -OCH3 is 1. The Balaban J connectivity index is 2.17. The van der Waals surface area contributed by atoms with Gasteiger partial charge in [0.1, 0.15) is 18.1 Å². The van der Waals surface area contributed by atoms with Crippen molar-refractivity contribution in [1.29, 1.82) is 0 Å². The SMILES string of the molecule is C=CCOc1ccccc1/C=C/C(=O)c1cccc(OC)c1. The van der Waals surface area contributed by atoms with Crippen molar-refractivity contribution in [2.24, 2.45) is 0 Å². The van der Waals surface area contributed by atoms with E-state index in [1.807, 2.05) is 24.3 Å². The second-order valence-corrected chi connectivity index (χ2v) is 4.57. The summed E-state index contributed by atoms with van der Waals surface area (Å²) in [5.41, 5.74) is 1.43. The maximum atomic E-state index is 12.2. The maximum Gasteiger partial charge on any atom is 0.185 e. The fourth-order valence-corrected chi connectivity index (χ4v) is 1.94. The molecule has 0 aromatic heterocycles. The van der Waals surface area contributed by atoms with Gasteiger partial charge in [-0.2, -0.15) is 0 Å². The van der Waals surface area contributed by atoms with Crippen molar-refractivity contribution in [3.63, 3.8) is 0 Å². The molecule has 0 amide bonds. The lowest BCUT2D eigenvalue weighted by molar-refractivity contribution is 0.104. The molecule has 0 fully saturated rings. The van der Waals surface area contributed by atoms with Gasteiger partial charge >= 0.3 is 0 Å². The van der Waals surface area contributed by atoms with Crippen LogP contribution < -0.4 is 9.47 Å². The topological polar surface area (TPSA) is 35.5 Å².